The van der Waals surface area contributed by atoms with Gasteiger partial charge in [0.25, 0.3) is 0 Å². The van der Waals surface area contributed by atoms with Crippen LogP contribution in [0.4, 0.5) is 0 Å². The lowest BCUT2D eigenvalue weighted by molar-refractivity contribution is -0.145. The molecule has 1 fully saturated rings. The second-order valence-corrected chi connectivity index (χ2v) is 6.73. The van der Waals surface area contributed by atoms with Gasteiger partial charge < -0.3 is 19.5 Å². The van der Waals surface area contributed by atoms with Gasteiger partial charge in [-0.2, -0.15) is 0 Å². The van der Waals surface area contributed by atoms with Crippen molar-refractivity contribution in [3.05, 3.63) is 42.1 Å². The van der Waals surface area contributed by atoms with Gasteiger partial charge in [0.05, 0.1) is 19.6 Å². The number of carbonyl (C=O) groups is 1. The predicted octanol–water partition coefficient (Wildman–Crippen LogP) is 2.55. The summed E-state index contributed by atoms with van der Waals surface area (Å²) in [7, 11) is 1.44. The average molecular weight is 370 g/mol. The standard InChI is InChI=1S/C20H26N4O3/c1-4-21-20(24-12-14(2)17(13-24)19(25)26-3)22-11-16-10-18(27-23-16)15-8-6-5-7-9-15/h5-10,14,17H,4,11-13H2,1-3H3,(H,21,22). The molecule has 2 unspecified atom stereocenters. The van der Waals surface area contributed by atoms with Crippen molar-refractivity contribution in [2.24, 2.45) is 16.8 Å². The molecule has 0 spiro atoms. The molecule has 1 aliphatic heterocycles. The van der Waals surface area contributed by atoms with Crippen molar-refractivity contribution in [2.75, 3.05) is 26.7 Å². The molecular formula is C20H26N4O3. The second-order valence-electron chi connectivity index (χ2n) is 6.73. The van der Waals surface area contributed by atoms with Crippen molar-refractivity contribution < 1.29 is 14.1 Å². The van der Waals surface area contributed by atoms with E-state index >= 15 is 0 Å². The number of rotatable bonds is 5. The minimum atomic E-state index is -0.162. The third kappa shape index (κ3) is 4.48. The predicted molar refractivity (Wildman–Crippen MR) is 103 cm³/mol. The Balaban J connectivity index is 1.70. The molecule has 0 aliphatic carbocycles. The van der Waals surface area contributed by atoms with Gasteiger partial charge in [-0.3, -0.25) is 4.79 Å². The number of esters is 1. The number of hydrogen-bond acceptors (Lipinski definition) is 5. The molecule has 0 saturated carbocycles. The van der Waals surface area contributed by atoms with Crippen LogP contribution in [0.3, 0.4) is 0 Å². The van der Waals surface area contributed by atoms with Gasteiger partial charge >= 0.3 is 5.97 Å². The molecule has 7 nitrogen and oxygen atoms in total. The number of hydrogen-bond donors (Lipinski definition) is 1. The summed E-state index contributed by atoms with van der Waals surface area (Å²) in [5.41, 5.74) is 1.75. The number of aliphatic imine (C=N–C) groups is 1. The third-order valence-corrected chi connectivity index (χ3v) is 4.76. The maximum atomic E-state index is 11.9. The van der Waals surface area contributed by atoms with Crippen LogP contribution in [0.15, 0.2) is 45.9 Å². The van der Waals surface area contributed by atoms with Crippen LogP contribution in [0.5, 0.6) is 0 Å². The molecule has 1 aromatic heterocycles. The van der Waals surface area contributed by atoms with Crippen LogP contribution in [0, 0.1) is 11.8 Å². The number of carbonyl (C=O) groups excluding carboxylic acids is 1. The molecule has 2 heterocycles. The largest absolute Gasteiger partial charge is 0.469 e. The lowest BCUT2D eigenvalue weighted by Gasteiger charge is -2.21. The van der Waals surface area contributed by atoms with Crippen molar-refractivity contribution in [3.8, 4) is 11.3 Å². The van der Waals surface area contributed by atoms with Gasteiger partial charge in [0.1, 0.15) is 5.69 Å². The van der Waals surface area contributed by atoms with E-state index in [0.29, 0.717) is 13.1 Å². The summed E-state index contributed by atoms with van der Waals surface area (Å²) in [6, 6.07) is 11.8. The van der Waals surface area contributed by atoms with E-state index in [2.05, 4.69) is 27.3 Å². The fraction of sp³-hybridized carbons (Fsp3) is 0.450. The molecule has 1 aliphatic rings. The summed E-state index contributed by atoms with van der Waals surface area (Å²) in [5, 5.41) is 7.42. The van der Waals surface area contributed by atoms with Crippen LogP contribution in [0.2, 0.25) is 0 Å². The van der Waals surface area contributed by atoms with Gasteiger partial charge in [0.15, 0.2) is 11.7 Å². The van der Waals surface area contributed by atoms with E-state index in [4.69, 9.17) is 9.26 Å². The number of nitrogens with zero attached hydrogens (tertiary/aromatic N) is 3. The average Bonchev–Trinajstić information content (AvgIpc) is 3.32. The van der Waals surface area contributed by atoms with Crippen LogP contribution in [-0.4, -0.2) is 48.7 Å². The molecule has 1 aromatic carbocycles. The first-order chi connectivity index (χ1) is 13.1. The van der Waals surface area contributed by atoms with E-state index in [9.17, 15) is 4.79 Å². The van der Waals surface area contributed by atoms with Crippen LogP contribution in [0.25, 0.3) is 11.3 Å². The third-order valence-electron chi connectivity index (χ3n) is 4.76. The van der Waals surface area contributed by atoms with Gasteiger partial charge in [0, 0.05) is 31.3 Å². The van der Waals surface area contributed by atoms with Crippen molar-refractivity contribution in [3.63, 3.8) is 0 Å². The SMILES string of the molecule is CCNC(=NCc1cc(-c2ccccc2)on1)N1CC(C)C(C(=O)OC)C1. The zero-order valence-corrected chi connectivity index (χ0v) is 16.0. The fourth-order valence-electron chi connectivity index (χ4n) is 3.30. The van der Waals surface area contributed by atoms with E-state index in [1.54, 1.807) is 0 Å². The highest BCUT2D eigenvalue weighted by atomic mass is 16.5. The molecule has 1 saturated heterocycles. The zero-order valence-electron chi connectivity index (χ0n) is 16.0. The normalized spacial score (nSPS) is 20.0. The first kappa shape index (κ1) is 18.9. The minimum Gasteiger partial charge on any atom is -0.469 e. The van der Waals surface area contributed by atoms with Crippen molar-refractivity contribution in [1.82, 2.24) is 15.4 Å². The number of ether oxygens (including phenoxy) is 1. The Morgan fingerprint density at radius 2 is 2.15 bits per heavy atom. The Labute approximate surface area is 159 Å². The maximum absolute atomic E-state index is 11.9. The number of aromatic nitrogens is 1. The molecule has 0 bridgehead atoms. The molecule has 27 heavy (non-hydrogen) atoms. The zero-order chi connectivity index (χ0) is 19.2. The molecule has 2 aromatic rings. The van der Waals surface area contributed by atoms with E-state index in [0.717, 1.165) is 36.1 Å². The Bertz CT molecular complexity index is 788. The second kappa shape index (κ2) is 8.70. The van der Waals surface area contributed by atoms with Crippen LogP contribution in [0.1, 0.15) is 19.5 Å². The summed E-state index contributed by atoms with van der Waals surface area (Å²) in [6.45, 7) is 6.62. The van der Waals surface area contributed by atoms with E-state index in [1.165, 1.54) is 7.11 Å². The fourth-order valence-corrected chi connectivity index (χ4v) is 3.30. The summed E-state index contributed by atoms with van der Waals surface area (Å²) >= 11 is 0. The maximum Gasteiger partial charge on any atom is 0.310 e. The highest BCUT2D eigenvalue weighted by Crippen LogP contribution is 2.24. The molecule has 7 heteroatoms. The van der Waals surface area contributed by atoms with Gasteiger partial charge in [-0.25, -0.2) is 4.99 Å². The number of benzene rings is 1. The molecule has 0 radical (unpaired) electrons. The number of guanidine groups is 1. The minimum absolute atomic E-state index is 0.129. The van der Waals surface area contributed by atoms with Crippen molar-refractivity contribution in [2.45, 2.75) is 20.4 Å². The Morgan fingerprint density at radius 1 is 1.37 bits per heavy atom. The summed E-state index contributed by atoms with van der Waals surface area (Å²) in [4.78, 5) is 18.7. The van der Waals surface area contributed by atoms with Crippen LogP contribution >= 0.6 is 0 Å². The van der Waals surface area contributed by atoms with E-state index in [-0.39, 0.29) is 17.8 Å². The molecular weight excluding hydrogens is 344 g/mol. The van der Waals surface area contributed by atoms with Gasteiger partial charge in [-0.1, -0.05) is 42.4 Å². The number of likely N-dealkylation sites (tertiary alicyclic amines) is 1. The van der Waals surface area contributed by atoms with Gasteiger partial charge in [-0.05, 0) is 12.8 Å². The highest BCUT2D eigenvalue weighted by molar-refractivity contribution is 5.82. The van der Waals surface area contributed by atoms with E-state index in [1.807, 2.05) is 43.3 Å². The summed E-state index contributed by atoms with van der Waals surface area (Å²) in [5.74, 6) is 1.44. The van der Waals surface area contributed by atoms with Gasteiger partial charge in [0.2, 0.25) is 0 Å². The first-order valence-corrected chi connectivity index (χ1v) is 9.24. The van der Waals surface area contributed by atoms with Crippen LogP contribution < -0.4 is 5.32 Å². The Kier molecular flexibility index (Phi) is 6.11. The highest BCUT2D eigenvalue weighted by Gasteiger charge is 2.36. The first-order valence-electron chi connectivity index (χ1n) is 9.24. The lowest BCUT2D eigenvalue weighted by Crippen LogP contribution is -2.40. The topological polar surface area (TPSA) is 80.0 Å². The molecule has 3 rings (SSSR count). The van der Waals surface area contributed by atoms with E-state index < -0.39 is 0 Å². The molecule has 1 N–H and O–H groups in total. The summed E-state index contributed by atoms with van der Waals surface area (Å²) < 4.78 is 10.4. The molecule has 0 amide bonds. The monoisotopic (exact) mass is 370 g/mol. The Hall–Kier alpha value is -2.83. The Morgan fingerprint density at radius 3 is 2.85 bits per heavy atom. The smallest absolute Gasteiger partial charge is 0.310 e. The lowest BCUT2D eigenvalue weighted by atomic mass is 9.99. The van der Waals surface area contributed by atoms with Gasteiger partial charge in [-0.15, -0.1) is 0 Å². The number of methoxy groups -OCH3 is 1. The number of nitrogens with one attached hydrogen (secondary N) is 1. The molecule has 144 valence electrons. The van der Waals surface area contributed by atoms with Crippen LogP contribution in [-0.2, 0) is 16.1 Å². The van der Waals surface area contributed by atoms with Crippen molar-refractivity contribution in [1.29, 1.82) is 0 Å². The molecule has 2 atom stereocenters. The summed E-state index contributed by atoms with van der Waals surface area (Å²) in [6.07, 6.45) is 0. The quantitative estimate of drug-likeness (QED) is 0.495. The van der Waals surface area contributed by atoms with Crippen molar-refractivity contribution >= 4 is 11.9 Å².